The third kappa shape index (κ3) is 5.90. The Morgan fingerprint density at radius 3 is 2.89 bits per heavy atom. The number of hydrazone groups is 1. The Bertz CT molecular complexity index is 762. The first-order valence-corrected chi connectivity index (χ1v) is 9.09. The van der Waals surface area contributed by atoms with Crippen molar-refractivity contribution in [1.29, 1.82) is 0 Å². The maximum absolute atomic E-state index is 5.67. The molecule has 1 fully saturated rings. The number of morpholine rings is 1. The topological polar surface area (TPSA) is 83.9 Å². The summed E-state index contributed by atoms with van der Waals surface area (Å²) in [5, 5.41) is 7.34. The van der Waals surface area contributed by atoms with Crippen LogP contribution in [0.5, 0.6) is 6.01 Å². The van der Waals surface area contributed by atoms with E-state index in [4.69, 9.17) is 9.47 Å². The molecule has 27 heavy (non-hydrogen) atoms. The Morgan fingerprint density at radius 1 is 1.26 bits per heavy atom. The zero-order chi connectivity index (χ0) is 18.9. The van der Waals surface area contributed by atoms with Crippen LogP contribution in [0.15, 0.2) is 35.4 Å². The number of rotatable bonds is 8. The van der Waals surface area contributed by atoms with E-state index in [0.717, 1.165) is 31.1 Å². The van der Waals surface area contributed by atoms with Gasteiger partial charge >= 0.3 is 6.01 Å². The fourth-order valence-electron chi connectivity index (χ4n) is 2.65. The Labute approximate surface area is 159 Å². The summed E-state index contributed by atoms with van der Waals surface area (Å²) >= 11 is 0. The summed E-state index contributed by atoms with van der Waals surface area (Å²) < 4.78 is 11.1. The minimum atomic E-state index is 0.353. The maximum atomic E-state index is 5.67. The van der Waals surface area contributed by atoms with Crippen molar-refractivity contribution in [2.24, 2.45) is 5.10 Å². The van der Waals surface area contributed by atoms with Crippen LogP contribution in [-0.4, -0.2) is 62.7 Å². The molecule has 144 valence electrons. The highest BCUT2D eigenvalue weighted by atomic mass is 16.5. The summed E-state index contributed by atoms with van der Waals surface area (Å²) in [6.45, 7) is 6.25. The van der Waals surface area contributed by atoms with Gasteiger partial charge in [0.1, 0.15) is 12.4 Å². The lowest BCUT2D eigenvalue weighted by molar-refractivity contribution is 0.122. The standard InChI is InChI=1S/C19H26N6O2/c1-15-4-3-5-16(12-15)24-21-14-17-13-18(25-7-10-26-11-8-25)23-19(22-17)27-9-6-20-2/h3-5,12-14,20,24H,6-11H2,1-2H3. The van der Waals surface area contributed by atoms with Crippen molar-refractivity contribution in [1.82, 2.24) is 15.3 Å². The van der Waals surface area contributed by atoms with Crippen LogP contribution in [0, 0.1) is 6.92 Å². The number of aryl methyl sites for hydroxylation is 1. The predicted molar refractivity (Wildman–Crippen MR) is 107 cm³/mol. The molecular weight excluding hydrogens is 344 g/mol. The first-order chi connectivity index (χ1) is 13.2. The number of nitrogens with one attached hydrogen (secondary N) is 2. The van der Waals surface area contributed by atoms with Crippen molar-refractivity contribution < 1.29 is 9.47 Å². The third-order valence-electron chi connectivity index (χ3n) is 4.04. The number of nitrogens with zero attached hydrogens (tertiary/aromatic N) is 4. The molecule has 1 saturated heterocycles. The lowest BCUT2D eigenvalue weighted by atomic mass is 10.2. The monoisotopic (exact) mass is 370 g/mol. The number of likely N-dealkylation sites (N-methyl/N-ethyl adjacent to an activating group) is 1. The van der Waals surface area contributed by atoms with E-state index in [1.807, 2.05) is 44.3 Å². The number of hydrogen-bond acceptors (Lipinski definition) is 8. The summed E-state index contributed by atoms with van der Waals surface area (Å²) in [5.74, 6) is 0.824. The Balaban J connectivity index is 1.74. The van der Waals surface area contributed by atoms with E-state index in [1.165, 1.54) is 5.56 Å². The van der Waals surface area contributed by atoms with Crippen LogP contribution < -0.4 is 20.4 Å². The summed E-state index contributed by atoms with van der Waals surface area (Å²) in [6, 6.07) is 10.3. The highest BCUT2D eigenvalue weighted by Crippen LogP contribution is 2.17. The number of aromatic nitrogens is 2. The molecule has 1 aliphatic heterocycles. The number of hydrogen-bond donors (Lipinski definition) is 2. The average molecular weight is 370 g/mol. The van der Waals surface area contributed by atoms with Crippen LogP contribution in [-0.2, 0) is 4.74 Å². The number of anilines is 2. The fraction of sp³-hybridized carbons (Fsp3) is 0.421. The van der Waals surface area contributed by atoms with Crippen molar-refractivity contribution >= 4 is 17.7 Å². The predicted octanol–water partition coefficient (Wildman–Crippen LogP) is 1.67. The summed E-state index contributed by atoms with van der Waals surface area (Å²) in [4.78, 5) is 11.1. The van der Waals surface area contributed by atoms with Gasteiger partial charge in [0.15, 0.2) is 0 Å². The molecule has 0 bridgehead atoms. The SMILES string of the molecule is CNCCOc1nc(C=NNc2cccc(C)c2)cc(N2CCOCC2)n1. The molecule has 2 N–H and O–H groups in total. The molecule has 3 rings (SSSR count). The number of benzene rings is 1. The van der Waals surface area contributed by atoms with Gasteiger partial charge in [-0.25, -0.2) is 0 Å². The zero-order valence-electron chi connectivity index (χ0n) is 15.8. The van der Waals surface area contributed by atoms with Gasteiger partial charge in [0.25, 0.3) is 0 Å². The highest BCUT2D eigenvalue weighted by molar-refractivity contribution is 5.79. The van der Waals surface area contributed by atoms with Crippen LogP contribution in [0.3, 0.4) is 0 Å². The van der Waals surface area contributed by atoms with E-state index in [0.29, 0.717) is 31.5 Å². The van der Waals surface area contributed by atoms with Crippen LogP contribution in [0.1, 0.15) is 11.3 Å². The van der Waals surface area contributed by atoms with Crippen LogP contribution in [0.25, 0.3) is 0 Å². The van der Waals surface area contributed by atoms with E-state index in [1.54, 1.807) is 6.21 Å². The Kier molecular flexibility index (Phi) is 6.95. The zero-order valence-corrected chi connectivity index (χ0v) is 15.8. The molecule has 0 spiro atoms. The molecule has 1 aromatic carbocycles. The van der Waals surface area contributed by atoms with E-state index in [9.17, 15) is 0 Å². The van der Waals surface area contributed by atoms with Crippen molar-refractivity contribution in [3.8, 4) is 6.01 Å². The lowest BCUT2D eigenvalue weighted by Crippen LogP contribution is -2.37. The summed E-state index contributed by atoms with van der Waals surface area (Å²) in [7, 11) is 1.88. The normalized spacial score (nSPS) is 14.5. The van der Waals surface area contributed by atoms with Crippen molar-refractivity contribution in [3.05, 3.63) is 41.6 Å². The Hall–Kier alpha value is -2.71. The molecule has 2 aromatic rings. The summed E-state index contributed by atoms with van der Waals surface area (Å²) in [5.41, 5.74) is 5.82. The van der Waals surface area contributed by atoms with Gasteiger partial charge in [0.05, 0.1) is 30.8 Å². The quantitative estimate of drug-likeness (QED) is 0.415. The van der Waals surface area contributed by atoms with Gasteiger partial charge in [-0.15, -0.1) is 0 Å². The van der Waals surface area contributed by atoms with E-state index in [2.05, 4.69) is 30.7 Å². The molecule has 1 aromatic heterocycles. The van der Waals surface area contributed by atoms with Crippen LogP contribution in [0.2, 0.25) is 0 Å². The van der Waals surface area contributed by atoms with Crippen LogP contribution >= 0.6 is 0 Å². The minimum Gasteiger partial charge on any atom is -0.462 e. The van der Waals surface area contributed by atoms with Gasteiger partial charge in [0, 0.05) is 25.7 Å². The smallest absolute Gasteiger partial charge is 0.319 e. The minimum absolute atomic E-state index is 0.353. The lowest BCUT2D eigenvalue weighted by Gasteiger charge is -2.28. The van der Waals surface area contributed by atoms with E-state index in [-0.39, 0.29) is 0 Å². The molecular formula is C19H26N6O2. The van der Waals surface area contributed by atoms with Gasteiger partial charge in [0.2, 0.25) is 0 Å². The van der Waals surface area contributed by atoms with E-state index >= 15 is 0 Å². The fourth-order valence-corrected chi connectivity index (χ4v) is 2.65. The van der Waals surface area contributed by atoms with E-state index < -0.39 is 0 Å². The molecule has 0 radical (unpaired) electrons. The average Bonchev–Trinajstić information content (AvgIpc) is 2.69. The molecule has 0 atom stereocenters. The molecule has 8 nitrogen and oxygen atoms in total. The first kappa shape index (κ1) is 19.1. The van der Waals surface area contributed by atoms with Crippen molar-refractivity contribution in [2.45, 2.75) is 6.92 Å². The Morgan fingerprint density at radius 2 is 2.11 bits per heavy atom. The van der Waals surface area contributed by atoms with Gasteiger partial charge in [-0.05, 0) is 31.7 Å². The second-order valence-corrected chi connectivity index (χ2v) is 6.22. The maximum Gasteiger partial charge on any atom is 0.319 e. The molecule has 8 heteroatoms. The van der Waals surface area contributed by atoms with Crippen molar-refractivity contribution in [3.63, 3.8) is 0 Å². The number of ether oxygens (including phenoxy) is 2. The van der Waals surface area contributed by atoms with Gasteiger partial charge in [-0.2, -0.15) is 15.1 Å². The highest BCUT2D eigenvalue weighted by Gasteiger charge is 2.15. The largest absolute Gasteiger partial charge is 0.462 e. The third-order valence-corrected chi connectivity index (χ3v) is 4.04. The van der Waals surface area contributed by atoms with Crippen LogP contribution in [0.4, 0.5) is 11.5 Å². The molecule has 0 saturated carbocycles. The van der Waals surface area contributed by atoms with Gasteiger partial charge in [-0.3, -0.25) is 5.43 Å². The molecule has 0 aliphatic carbocycles. The molecule has 2 heterocycles. The van der Waals surface area contributed by atoms with Crippen molar-refractivity contribution in [2.75, 3.05) is 56.8 Å². The second kappa shape index (κ2) is 9.84. The molecule has 0 amide bonds. The summed E-state index contributed by atoms with van der Waals surface area (Å²) in [6.07, 6.45) is 1.68. The molecule has 0 unspecified atom stereocenters. The van der Waals surface area contributed by atoms with Gasteiger partial charge in [-0.1, -0.05) is 12.1 Å². The van der Waals surface area contributed by atoms with Gasteiger partial charge < -0.3 is 19.7 Å². The first-order valence-electron chi connectivity index (χ1n) is 9.09. The molecule has 1 aliphatic rings. The second-order valence-electron chi connectivity index (χ2n) is 6.22.